The van der Waals surface area contributed by atoms with Crippen LogP contribution in [-0.4, -0.2) is 46.5 Å². The lowest BCUT2D eigenvalue weighted by atomic mass is 9.98. The third-order valence-corrected chi connectivity index (χ3v) is 3.38. The molecular weight excluding hydrogens is 230 g/mol. The van der Waals surface area contributed by atoms with E-state index in [0.717, 1.165) is 18.1 Å². The van der Waals surface area contributed by atoms with Gasteiger partial charge in [0, 0.05) is 26.7 Å². The van der Waals surface area contributed by atoms with E-state index in [4.69, 9.17) is 5.73 Å². The van der Waals surface area contributed by atoms with Crippen molar-refractivity contribution in [2.45, 2.75) is 25.9 Å². The molecule has 0 spiro atoms. The number of carbonyl (C=O) groups excluding carboxylic acids is 1. The van der Waals surface area contributed by atoms with Gasteiger partial charge >= 0.3 is 0 Å². The molecule has 1 aliphatic rings. The number of amides is 1. The van der Waals surface area contributed by atoms with Crippen LogP contribution in [0.15, 0.2) is 12.4 Å². The lowest BCUT2D eigenvalue weighted by Gasteiger charge is -2.45. The summed E-state index contributed by atoms with van der Waals surface area (Å²) < 4.78 is 0. The quantitative estimate of drug-likeness (QED) is 0.798. The first-order chi connectivity index (χ1) is 8.46. The van der Waals surface area contributed by atoms with Crippen molar-refractivity contribution < 1.29 is 4.79 Å². The van der Waals surface area contributed by atoms with Gasteiger partial charge in [-0.25, -0.2) is 4.98 Å². The molecular formula is C12H19N5O. The Kier molecular flexibility index (Phi) is 3.21. The third-order valence-electron chi connectivity index (χ3n) is 3.38. The summed E-state index contributed by atoms with van der Waals surface area (Å²) in [7, 11) is 1.82. The monoisotopic (exact) mass is 249 g/mol. The number of carbonyl (C=O) groups is 1. The van der Waals surface area contributed by atoms with Crippen molar-refractivity contribution in [2.24, 2.45) is 5.73 Å². The Morgan fingerprint density at radius 3 is 2.61 bits per heavy atom. The molecule has 1 fully saturated rings. The highest BCUT2D eigenvalue weighted by molar-refractivity contribution is 5.89. The summed E-state index contributed by atoms with van der Waals surface area (Å²) in [6.45, 7) is 5.64. The Morgan fingerprint density at radius 2 is 2.06 bits per heavy atom. The van der Waals surface area contributed by atoms with Gasteiger partial charge in [0.2, 0.25) is 5.91 Å². The van der Waals surface area contributed by atoms with Crippen molar-refractivity contribution in [3.63, 3.8) is 0 Å². The highest BCUT2D eigenvalue weighted by atomic mass is 16.2. The standard InChI is InChI=1S/C12H19N5O/c1-12(2)11(18)16(3)4-5-17(12)10-8-14-9(6-13)7-15-10/h7-8H,4-6,13H2,1-3H3. The van der Waals surface area contributed by atoms with Crippen LogP contribution < -0.4 is 10.6 Å². The van der Waals surface area contributed by atoms with Gasteiger partial charge in [-0.05, 0) is 13.8 Å². The predicted molar refractivity (Wildman–Crippen MR) is 69.0 cm³/mol. The topological polar surface area (TPSA) is 75.3 Å². The van der Waals surface area contributed by atoms with Crippen molar-refractivity contribution in [2.75, 3.05) is 25.0 Å². The number of rotatable bonds is 2. The number of anilines is 1. The molecule has 0 radical (unpaired) electrons. The Bertz CT molecular complexity index is 442. The van der Waals surface area contributed by atoms with Crippen LogP contribution in [0.5, 0.6) is 0 Å². The number of piperazine rings is 1. The van der Waals surface area contributed by atoms with E-state index in [1.165, 1.54) is 0 Å². The van der Waals surface area contributed by atoms with Crippen molar-refractivity contribution in [1.82, 2.24) is 14.9 Å². The van der Waals surface area contributed by atoms with Gasteiger partial charge in [-0.3, -0.25) is 9.78 Å². The second-order valence-corrected chi connectivity index (χ2v) is 5.01. The van der Waals surface area contributed by atoms with E-state index in [2.05, 4.69) is 9.97 Å². The second-order valence-electron chi connectivity index (χ2n) is 5.01. The van der Waals surface area contributed by atoms with Crippen LogP contribution in [-0.2, 0) is 11.3 Å². The van der Waals surface area contributed by atoms with Gasteiger partial charge in [-0.15, -0.1) is 0 Å². The van der Waals surface area contributed by atoms with Crippen molar-refractivity contribution in [3.05, 3.63) is 18.1 Å². The van der Waals surface area contributed by atoms with Gasteiger partial charge in [0.25, 0.3) is 0 Å². The van der Waals surface area contributed by atoms with E-state index in [1.807, 2.05) is 25.8 Å². The van der Waals surface area contributed by atoms with E-state index >= 15 is 0 Å². The van der Waals surface area contributed by atoms with Crippen LogP contribution in [0.3, 0.4) is 0 Å². The molecule has 18 heavy (non-hydrogen) atoms. The zero-order chi connectivity index (χ0) is 13.3. The summed E-state index contributed by atoms with van der Waals surface area (Å²) in [6, 6.07) is 0. The van der Waals surface area contributed by atoms with Crippen molar-refractivity contribution >= 4 is 11.7 Å². The molecule has 98 valence electrons. The SMILES string of the molecule is CN1CCN(c2cnc(CN)cn2)C(C)(C)C1=O. The van der Waals surface area contributed by atoms with Gasteiger partial charge in [-0.1, -0.05) is 0 Å². The van der Waals surface area contributed by atoms with E-state index < -0.39 is 5.54 Å². The third kappa shape index (κ3) is 2.03. The average molecular weight is 249 g/mol. The Hall–Kier alpha value is -1.69. The van der Waals surface area contributed by atoms with Crippen LogP contribution in [0, 0.1) is 0 Å². The maximum atomic E-state index is 12.2. The zero-order valence-corrected chi connectivity index (χ0v) is 11.1. The number of hydrogen-bond donors (Lipinski definition) is 1. The van der Waals surface area contributed by atoms with Crippen LogP contribution in [0.4, 0.5) is 5.82 Å². The first-order valence-electron chi connectivity index (χ1n) is 6.01. The van der Waals surface area contributed by atoms with Gasteiger partial charge in [0.1, 0.15) is 11.4 Å². The molecule has 6 heteroatoms. The Labute approximate surface area is 107 Å². The highest BCUT2D eigenvalue weighted by Crippen LogP contribution is 2.26. The van der Waals surface area contributed by atoms with Crippen LogP contribution in [0.2, 0.25) is 0 Å². The lowest BCUT2D eigenvalue weighted by molar-refractivity contribution is -0.136. The molecule has 1 aromatic rings. The molecule has 1 amide bonds. The molecule has 6 nitrogen and oxygen atoms in total. The van der Waals surface area contributed by atoms with Gasteiger partial charge in [0.15, 0.2) is 0 Å². The average Bonchev–Trinajstić information content (AvgIpc) is 2.36. The normalized spacial score (nSPS) is 19.2. The summed E-state index contributed by atoms with van der Waals surface area (Å²) in [6.07, 6.45) is 3.34. The maximum absolute atomic E-state index is 12.2. The number of nitrogens with zero attached hydrogens (tertiary/aromatic N) is 4. The van der Waals surface area contributed by atoms with Gasteiger partial charge in [-0.2, -0.15) is 0 Å². The van der Waals surface area contributed by atoms with Crippen molar-refractivity contribution in [1.29, 1.82) is 0 Å². The molecule has 1 saturated heterocycles. The molecule has 1 aromatic heterocycles. The zero-order valence-electron chi connectivity index (χ0n) is 11.1. The van der Waals surface area contributed by atoms with E-state index in [0.29, 0.717) is 13.1 Å². The number of aromatic nitrogens is 2. The molecule has 2 heterocycles. The van der Waals surface area contributed by atoms with Crippen molar-refractivity contribution in [3.8, 4) is 0 Å². The molecule has 0 aliphatic carbocycles. The minimum atomic E-state index is -0.591. The minimum absolute atomic E-state index is 0.0958. The molecule has 2 N–H and O–H groups in total. The summed E-state index contributed by atoms with van der Waals surface area (Å²) in [5, 5.41) is 0. The Balaban J connectivity index is 2.29. The smallest absolute Gasteiger partial charge is 0.247 e. The van der Waals surface area contributed by atoms with Gasteiger partial charge < -0.3 is 15.5 Å². The van der Waals surface area contributed by atoms with Crippen LogP contribution in [0.1, 0.15) is 19.5 Å². The highest BCUT2D eigenvalue weighted by Gasteiger charge is 2.41. The molecule has 1 aliphatic heterocycles. The summed E-state index contributed by atoms with van der Waals surface area (Å²) in [5.41, 5.74) is 5.65. The molecule has 0 bridgehead atoms. The van der Waals surface area contributed by atoms with E-state index in [9.17, 15) is 4.79 Å². The fourth-order valence-corrected chi connectivity index (χ4v) is 2.21. The maximum Gasteiger partial charge on any atom is 0.247 e. The summed E-state index contributed by atoms with van der Waals surface area (Å²) in [4.78, 5) is 24.5. The lowest BCUT2D eigenvalue weighted by Crippen LogP contribution is -2.62. The van der Waals surface area contributed by atoms with E-state index in [-0.39, 0.29) is 5.91 Å². The molecule has 0 atom stereocenters. The summed E-state index contributed by atoms with van der Waals surface area (Å²) >= 11 is 0. The molecule has 0 aromatic carbocycles. The predicted octanol–water partition coefficient (Wildman–Crippen LogP) is -0.00770. The number of likely N-dealkylation sites (N-methyl/N-ethyl adjacent to an activating group) is 1. The van der Waals surface area contributed by atoms with Crippen LogP contribution in [0.25, 0.3) is 0 Å². The molecule has 2 rings (SSSR count). The first-order valence-corrected chi connectivity index (χ1v) is 6.01. The van der Waals surface area contributed by atoms with Gasteiger partial charge in [0.05, 0.1) is 18.1 Å². The second kappa shape index (κ2) is 4.53. The minimum Gasteiger partial charge on any atom is -0.342 e. The molecule has 0 saturated carbocycles. The summed E-state index contributed by atoms with van der Waals surface area (Å²) in [5.74, 6) is 0.817. The number of nitrogens with two attached hydrogens (primary N) is 1. The Morgan fingerprint density at radius 1 is 1.33 bits per heavy atom. The fraction of sp³-hybridized carbons (Fsp3) is 0.583. The fourth-order valence-electron chi connectivity index (χ4n) is 2.21. The number of hydrogen-bond acceptors (Lipinski definition) is 5. The van der Waals surface area contributed by atoms with E-state index in [1.54, 1.807) is 17.3 Å². The largest absolute Gasteiger partial charge is 0.342 e. The van der Waals surface area contributed by atoms with Crippen LogP contribution >= 0.6 is 0 Å². The molecule has 0 unspecified atom stereocenters. The first kappa shape index (κ1) is 12.8.